The summed E-state index contributed by atoms with van der Waals surface area (Å²) in [5.74, 6) is 0.932. The highest BCUT2D eigenvalue weighted by Gasteiger charge is 2.44. The van der Waals surface area contributed by atoms with Crippen LogP contribution in [-0.4, -0.2) is 35.5 Å². The number of allylic oxidation sites excluding steroid dienone is 1. The zero-order valence-corrected chi connectivity index (χ0v) is 12.3. The van der Waals surface area contributed by atoms with E-state index in [1.54, 1.807) is 6.20 Å². The summed E-state index contributed by atoms with van der Waals surface area (Å²) in [4.78, 5) is 20.2. The summed E-state index contributed by atoms with van der Waals surface area (Å²) in [6.07, 6.45) is 10.9. The van der Waals surface area contributed by atoms with E-state index in [0.717, 1.165) is 36.5 Å². The van der Waals surface area contributed by atoms with Crippen LogP contribution in [0.4, 0.5) is 0 Å². The standard InChI is InChI=1S/C15H14N4O.CH4O/c16-13(20)10-4-9-5-15(6-12(9)18-7-10)8-19-14-11(15)2-1-3-17-14;1-2/h1,3-7,11H,2,8H2,(H2,16,20)(H,17,19);2H,1H3. The normalized spacial score (nSPS) is 26.6. The van der Waals surface area contributed by atoms with Gasteiger partial charge in [0.1, 0.15) is 5.84 Å². The molecule has 2 aliphatic heterocycles. The maximum atomic E-state index is 11.3. The van der Waals surface area contributed by atoms with E-state index >= 15 is 0 Å². The Labute approximate surface area is 127 Å². The van der Waals surface area contributed by atoms with E-state index in [2.05, 4.69) is 33.5 Å². The first-order chi connectivity index (χ1) is 10.7. The van der Waals surface area contributed by atoms with Gasteiger partial charge in [0, 0.05) is 24.6 Å². The average molecular weight is 298 g/mol. The van der Waals surface area contributed by atoms with Crippen LogP contribution >= 0.6 is 0 Å². The third kappa shape index (κ3) is 2.12. The first kappa shape index (κ1) is 14.5. The second-order valence-corrected chi connectivity index (χ2v) is 5.50. The van der Waals surface area contributed by atoms with Gasteiger partial charge in [0.15, 0.2) is 0 Å². The summed E-state index contributed by atoms with van der Waals surface area (Å²) < 4.78 is 0. The molecule has 0 fully saturated rings. The molecule has 0 radical (unpaired) electrons. The number of primary amides is 1. The van der Waals surface area contributed by atoms with Gasteiger partial charge in [0.2, 0.25) is 5.91 Å². The number of aliphatic imine (C=N–C) groups is 1. The number of fused-ring (bicyclic) bond motifs is 3. The molecule has 4 N–H and O–H groups in total. The van der Waals surface area contributed by atoms with Crippen molar-refractivity contribution in [2.75, 3.05) is 13.7 Å². The van der Waals surface area contributed by atoms with Gasteiger partial charge in [-0.2, -0.15) is 0 Å². The van der Waals surface area contributed by atoms with Gasteiger partial charge in [0.25, 0.3) is 0 Å². The Balaban J connectivity index is 0.000000693. The summed E-state index contributed by atoms with van der Waals surface area (Å²) in [5.41, 5.74) is 5.65. The van der Waals surface area contributed by atoms with Crippen LogP contribution in [-0.2, 0) is 0 Å². The van der Waals surface area contributed by atoms with Crippen molar-refractivity contribution in [3.05, 3.63) is 40.7 Å². The highest BCUT2D eigenvalue weighted by atomic mass is 16.2. The van der Waals surface area contributed by atoms with Gasteiger partial charge in [-0.05, 0) is 30.0 Å². The van der Waals surface area contributed by atoms with Gasteiger partial charge >= 0.3 is 0 Å². The molecule has 4 rings (SSSR count). The minimum absolute atomic E-state index is 0.112. The third-order valence-electron chi connectivity index (χ3n) is 4.29. The number of pyridine rings is 1. The predicted octanol–water partition coefficient (Wildman–Crippen LogP) is -1.11. The van der Waals surface area contributed by atoms with Crippen molar-refractivity contribution in [2.45, 2.75) is 6.42 Å². The molecule has 2 unspecified atom stereocenters. The van der Waals surface area contributed by atoms with Crippen molar-refractivity contribution in [3.63, 3.8) is 0 Å². The smallest absolute Gasteiger partial charge is 0.250 e. The maximum absolute atomic E-state index is 11.3. The van der Waals surface area contributed by atoms with Crippen LogP contribution in [0, 0.1) is 11.3 Å². The Hall–Kier alpha value is -2.47. The number of aromatic nitrogens is 1. The quantitative estimate of drug-likeness (QED) is 0.612. The Morgan fingerprint density at radius 3 is 3.05 bits per heavy atom. The van der Waals surface area contributed by atoms with Crippen molar-refractivity contribution in [1.29, 1.82) is 0 Å². The summed E-state index contributed by atoms with van der Waals surface area (Å²) in [6, 6.07) is 1.82. The average Bonchev–Trinajstić information content (AvgIpc) is 3.10. The number of hydrogen-bond acceptors (Lipinski definition) is 5. The molecule has 6 heteroatoms. The zero-order valence-electron chi connectivity index (χ0n) is 12.3. The van der Waals surface area contributed by atoms with E-state index in [9.17, 15) is 4.79 Å². The second kappa shape index (κ2) is 5.38. The van der Waals surface area contributed by atoms with Gasteiger partial charge in [-0.1, -0.05) is 12.2 Å². The summed E-state index contributed by atoms with van der Waals surface area (Å²) in [6.45, 7) is 0.726. The number of aliphatic hydroxyl groups excluding tert-OH is 1. The minimum Gasteiger partial charge on any atom is -0.400 e. The number of amidine groups is 1. The van der Waals surface area contributed by atoms with Crippen LogP contribution in [0.2, 0.25) is 0 Å². The fraction of sp³-hybridized carbons (Fsp3) is 0.312. The van der Waals surface area contributed by atoms with Crippen molar-refractivity contribution < 1.29 is 9.90 Å². The van der Waals surface area contributed by atoms with E-state index in [4.69, 9.17) is 10.8 Å². The fourth-order valence-corrected chi connectivity index (χ4v) is 3.26. The molecule has 2 atom stereocenters. The number of amides is 1. The molecular formula is C16H18N4O2. The predicted molar refractivity (Wildman–Crippen MR) is 84.2 cm³/mol. The molecular weight excluding hydrogens is 280 g/mol. The minimum atomic E-state index is -0.444. The molecule has 1 spiro atoms. The number of rotatable bonds is 1. The van der Waals surface area contributed by atoms with Crippen molar-refractivity contribution >= 4 is 23.9 Å². The molecule has 6 nitrogen and oxygen atoms in total. The Morgan fingerprint density at radius 2 is 2.27 bits per heavy atom. The molecule has 1 aliphatic carbocycles. The van der Waals surface area contributed by atoms with Crippen LogP contribution in [0.25, 0.3) is 12.2 Å². The van der Waals surface area contributed by atoms with Gasteiger partial charge in [-0.3, -0.25) is 14.8 Å². The monoisotopic (exact) mass is 298 g/mol. The molecule has 3 aliphatic rings. The number of hydrogen-bond donors (Lipinski definition) is 3. The lowest BCUT2D eigenvalue weighted by Gasteiger charge is -2.28. The molecule has 114 valence electrons. The van der Waals surface area contributed by atoms with Crippen LogP contribution in [0.1, 0.15) is 16.8 Å². The molecule has 0 bridgehead atoms. The molecule has 1 aromatic heterocycles. The van der Waals surface area contributed by atoms with E-state index in [1.165, 1.54) is 0 Å². The van der Waals surface area contributed by atoms with Crippen LogP contribution < -0.4 is 21.6 Å². The number of aliphatic hydroxyl groups is 1. The fourth-order valence-electron chi connectivity index (χ4n) is 3.26. The van der Waals surface area contributed by atoms with Crippen molar-refractivity contribution in [3.8, 4) is 0 Å². The van der Waals surface area contributed by atoms with E-state index < -0.39 is 5.91 Å². The molecule has 3 heterocycles. The van der Waals surface area contributed by atoms with Crippen molar-refractivity contribution in [1.82, 2.24) is 10.3 Å². The third-order valence-corrected chi connectivity index (χ3v) is 4.29. The molecule has 22 heavy (non-hydrogen) atoms. The van der Waals surface area contributed by atoms with Gasteiger partial charge < -0.3 is 16.2 Å². The Bertz CT molecular complexity index is 797. The SMILES string of the molecule is CO.NC(=O)c1cnc2c(c1)=CC1(C=2)CN=C2NC=CCC21. The lowest BCUT2D eigenvalue weighted by Crippen LogP contribution is -2.35. The number of nitrogens with two attached hydrogens (primary N) is 1. The van der Waals surface area contributed by atoms with Gasteiger partial charge in [-0.25, -0.2) is 0 Å². The number of nitrogens with zero attached hydrogens (tertiary/aromatic N) is 2. The topological polar surface area (TPSA) is 101 Å². The van der Waals surface area contributed by atoms with Crippen molar-refractivity contribution in [2.24, 2.45) is 22.1 Å². The number of nitrogens with one attached hydrogen (secondary N) is 1. The maximum Gasteiger partial charge on any atom is 0.250 e. The lowest BCUT2D eigenvalue weighted by molar-refractivity contribution is 0.1000. The second-order valence-electron chi connectivity index (χ2n) is 5.50. The first-order valence-electron chi connectivity index (χ1n) is 7.10. The van der Waals surface area contributed by atoms with Crippen LogP contribution in [0.3, 0.4) is 0 Å². The van der Waals surface area contributed by atoms with Crippen LogP contribution in [0.5, 0.6) is 0 Å². The molecule has 0 aromatic carbocycles. The zero-order chi connectivity index (χ0) is 15.7. The first-order valence-corrected chi connectivity index (χ1v) is 7.10. The molecule has 0 saturated heterocycles. The molecule has 0 saturated carbocycles. The number of carbonyl (C=O) groups excluding carboxylic acids is 1. The largest absolute Gasteiger partial charge is 0.400 e. The summed E-state index contributed by atoms with van der Waals surface area (Å²) in [7, 11) is 1.00. The Kier molecular flexibility index (Phi) is 3.54. The Morgan fingerprint density at radius 1 is 1.45 bits per heavy atom. The molecule has 1 aromatic rings. The highest BCUT2D eigenvalue weighted by molar-refractivity contribution is 5.94. The highest BCUT2D eigenvalue weighted by Crippen LogP contribution is 2.41. The summed E-state index contributed by atoms with van der Waals surface area (Å²) in [5, 5.41) is 12.1. The van der Waals surface area contributed by atoms with E-state index in [-0.39, 0.29) is 5.41 Å². The summed E-state index contributed by atoms with van der Waals surface area (Å²) >= 11 is 0. The van der Waals surface area contributed by atoms with Gasteiger partial charge in [-0.15, -0.1) is 0 Å². The van der Waals surface area contributed by atoms with Crippen LogP contribution in [0.15, 0.2) is 29.5 Å². The molecule has 1 amide bonds. The van der Waals surface area contributed by atoms with E-state index in [0.29, 0.717) is 11.5 Å². The number of carbonyl (C=O) groups is 1. The van der Waals surface area contributed by atoms with E-state index in [1.807, 2.05) is 12.3 Å². The lowest BCUT2D eigenvalue weighted by atomic mass is 9.75. The van der Waals surface area contributed by atoms with Gasteiger partial charge in [0.05, 0.1) is 17.5 Å².